The summed E-state index contributed by atoms with van der Waals surface area (Å²) in [7, 11) is 0. The smallest absolute Gasteiger partial charge is 0.410 e. The highest BCUT2D eigenvalue weighted by Gasteiger charge is 2.47. The Kier molecular flexibility index (Phi) is 3.92. The van der Waals surface area contributed by atoms with Gasteiger partial charge in [0.2, 0.25) is 0 Å². The molecule has 4 nitrogen and oxygen atoms in total. The monoisotopic (exact) mass is 324 g/mol. The molecule has 2 heterocycles. The summed E-state index contributed by atoms with van der Waals surface area (Å²) in [6.07, 6.45) is 8.48. The number of hydrogen-bond donors (Lipinski definition) is 0. The van der Waals surface area contributed by atoms with E-state index in [9.17, 15) is 4.79 Å². The van der Waals surface area contributed by atoms with Crippen molar-refractivity contribution in [1.82, 2.24) is 9.32 Å². The molecule has 3 aliphatic rings. The van der Waals surface area contributed by atoms with Gasteiger partial charge < -0.3 is 9.64 Å². The number of allylic oxidation sites excluding steroid dienone is 3. The Hall–Kier alpha value is -1.16. The van der Waals surface area contributed by atoms with E-state index in [1.807, 2.05) is 30.1 Å². The van der Waals surface area contributed by atoms with Crippen molar-refractivity contribution >= 4 is 17.9 Å². The lowest BCUT2D eigenvalue weighted by Crippen LogP contribution is -2.46. The van der Waals surface area contributed by atoms with Crippen LogP contribution in [0.3, 0.4) is 0 Å². The van der Waals surface area contributed by atoms with E-state index >= 15 is 0 Å². The number of piperidine rings is 1. The van der Waals surface area contributed by atoms with Crippen LogP contribution in [0.4, 0.5) is 4.79 Å². The van der Waals surface area contributed by atoms with Crippen LogP contribution in [0.2, 0.25) is 0 Å². The van der Waals surface area contributed by atoms with Gasteiger partial charge in [-0.1, -0.05) is 12.2 Å². The molecule has 122 valence electrons. The van der Waals surface area contributed by atoms with Crippen molar-refractivity contribution in [3.8, 4) is 0 Å². The fourth-order valence-corrected chi connectivity index (χ4v) is 4.08. The van der Waals surface area contributed by atoms with E-state index < -0.39 is 5.60 Å². The van der Waals surface area contributed by atoms with Gasteiger partial charge in [-0.05, 0) is 52.0 Å². The van der Waals surface area contributed by atoms with Gasteiger partial charge in [-0.3, -0.25) is 4.42 Å². The van der Waals surface area contributed by atoms with Gasteiger partial charge >= 0.3 is 6.09 Å². The predicted octanol–water partition coefficient (Wildman–Crippen LogP) is 4.08. The molecule has 0 aromatic heterocycles. The molecule has 0 aromatic carbocycles. The van der Waals surface area contributed by atoms with Crippen LogP contribution in [0.1, 0.15) is 46.5 Å². The molecule has 22 heavy (non-hydrogen) atoms. The molecule has 0 aromatic rings. The summed E-state index contributed by atoms with van der Waals surface area (Å²) in [5.41, 5.74) is 2.28. The van der Waals surface area contributed by atoms with Crippen molar-refractivity contribution < 1.29 is 9.53 Å². The molecule has 1 amide bonds. The number of hydrogen-bond acceptors (Lipinski definition) is 3. The minimum atomic E-state index is -0.436. The lowest BCUT2D eigenvalue weighted by molar-refractivity contribution is 0.0142. The summed E-state index contributed by atoms with van der Waals surface area (Å²) in [4.78, 5) is 14.0. The zero-order valence-electron chi connectivity index (χ0n) is 13.7. The van der Waals surface area contributed by atoms with Gasteiger partial charge in [0.05, 0.1) is 5.70 Å². The number of carbonyl (C=O) groups excluding carboxylic acids is 1. The van der Waals surface area contributed by atoms with Crippen molar-refractivity contribution in [3.05, 3.63) is 23.4 Å². The Morgan fingerprint density at radius 3 is 2.50 bits per heavy atom. The number of likely N-dealkylation sites (tertiary alicyclic amines) is 1. The van der Waals surface area contributed by atoms with Gasteiger partial charge in [0.15, 0.2) is 0 Å². The molecule has 1 spiro atoms. The lowest BCUT2D eigenvalue weighted by atomic mass is 9.72. The summed E-state index contributed by atoms with van der Waals surface area (Å²) in [5.74, 6) is 0. The van der Waals surface area contributed by atoms with Crippen molar-refractivity contribution in [3.63, 3.8) is 0 Å². The molecule has 1 aliphatic carbocycles. The molecular formula is C17H25ClN2O2. The average molecular weight is 325 g/mol. The number of halogens is 1. The fraction of sp³-hybridized carbons (Fsp3) is 0.706. The molecule has 0 N–H and O–H groups in total. The molecule has 2 fully saturated rings. The second kappa shape index (κ2) is 5.48. The van der Waals surface area contributed by atoms with Crippen LogP contribution >= 0.6 is 11.8 Å². The van der Waals surface area contributed by atoms with Crippen molar-refractivity contribution in [1.29, 1.82) is 0 Å². The first-order valence-corrected chi connectivity index (χ1v) is 8.47. The number of carbonyl (C=O) groups is 1. The first-order valence-electron chi connectivity index (χ1n) is 8.13. The number of amides is 1. The molecule has 2 saturated heterocycles. The molecule has 0 atom stereocenters. The number of rotatable bonds is 0. The Balaban J connectivity index is 1.68. The Labute approximate surface area is 137 Å². The second-order valence-corrected chi connectivity index (χ2v) is 7.96. The van der Waals surface area contributed by atoms with Crippen LogP contribution in [-0.4, -0.2) is 40.6 Å². The first-order chi connectivity index (χ1) is 10.3. The summed E-state index contributed by atoms with van der Waals surface area (Å²) in [5, 5.41) is 0. The molecular weight excluding hydrogens is 300 g/mol. The Bertz CT molecular complexity index is 525. The Morgan fingerprint density at radius 2 is 1.86 bits per heavy atom. The van der Waals surface area contributed by atoms with Crippen molar-refractivity contribution in [2.75, 3.05) is 19.6 Å². The quantitative estimate of drug-likeness (QED) is 0.629. The van der Waals surface area contributed by atoms with Gasteiger partial charge in [-0.15, -0.1) is 0 Å². The number of fused-ring (bicyclic) bond motifs is 2. The molecule has 0 unspecified atom stereocenters. The summed E-state index contributed by atoms with van der Waals surface area (Å²) >= 11 is 6.41. The third-order valence-corrected chi connectivity index (χ3v) is 5.08. The summed E-state index contributed by atoms with van der Waals surface area (Å²) in [6.45, 7) is 8.05. The summed E-state index contributed by atoms with van der Waals surface area (Å²) < 4.78 is 7.35. The topological polar surface area (TPSA) is 32.8 Å². The molecule has 0 bridgehead atoms. The maximum absolute atomic E-state index is 12.2. The second-order valence-electron chi connectivity index (χ2n) is 7.55. The number of nitrogens with zero attached hydrogens (tertiary/aromatic N) is 2. The molecule has 3 rings (SSSR count). The molecule has 2 aliphatic heterocycles. The normalized spacial score (nSPS) is 24.0. The largest absolute Gasteiger partial charge is 0.444 e. The zero-order chi connectivity index (χ0) is 16.0. The van der Waals surface area contributed by atoms with E-state index in [2.05, 4.69) is 12.2 Å². The van der Waals surface area contributed by atoms with Gasteiger partial charge in [-0.2, -0.15) is 0 Å². The highest BCUT2D eigenvalue weighted by molar-refractivity contribution is 6.15. The van der Waals surface area contributed by atoms with Crippen LogP contribution in [0.15, 0.2) is 23.4 Å². The van der Waals surface area contributed by atoms with Gasteiger partial charge in [-0.25, -0.2) is 4.79 Å². The van der Waals surface area contributed by atoms with Gasteiger partial charge in [0.25, 0.3) is 0 Å². The van der Waals surface area contributed by atoms with Crippen molar-refractivity contribution in [2.24, 2.45) is 5.41 Å². The van der Waals surface area contributed by atoms with E-state index in [1.165, 1.54) is 11.3 Å². The highest BCUT2D eigenvalue weighted by atomic mass is 35.5. The minimum absolute atomic E-state index is 0.118. The molecule has 0 saturated carbocycles. The fourth-order valence-electron chi connectivity index (χ4n) is 3.69. The maximum atomic E-state index is 12.2. The maximum Gasteiger partial charge on any atom is 0.410 e. The third-order valence-electron chi connectivity index (χ3n) is 4.78. The van der Waals surface area contributed by atoms with Crippen LogP contribution in [0, 0.1) is 5.41 Å². The molecule has 5 heteroatoms. The predicted molar refractivity (Wildman–Crippen MR) is 87.4 cm³/mol. The van der Waals surface area contributed by atoms with Crippen LogP contribution < -0.4 is 0 Å². The summed E-state index contributed by atoms with van der Waals surface area (Å²) in [6, 6.07) is 0. The van der Waals surface area contributed by atoms with E-state index in [0.717, 1.165) is 45.3 Å². The van der Waals surface area contributed by atoms with Crippen molar-refractivity contribution in [2.45, 2.75) is 52.1 Å². The van der Waals surface area contributed by atoms with Gasteiger partial charge in [0.1, 0.15) is 5.60 Å². The van der Waals surface area contributed by atoms with Crippen LogP contribution in [0.25, 0.3) is 0 Å². The third kappa shape index (κ3) is 2.85. The SMILES string of the molecule is CC(C)(C)OC(=O)N1CCC2(CC1)CN(Cl)C1=CCCC=C12. The van der Waals surface area contributed by atoms with Crippen LogP contribution in [0.5, 0.6) is 0 Å². The zero-order valence-corrected chi connectivity index (χ0v) is 14.4. The van der Waals surface area contributed by atoms with E-state index in [1.54, 1.807) is 0 Å². The minimum Gasteiger partial charge on any atom is -0.444 e. The Morgan fingerprint density at radius 1 is 1.23 bits per heavy atom. The molecule has 0 radical (unpaired) electrons. The lowest BCUT2D eigenvalue weighted by Gasteiger charge is -2.40. The van der Waals surface area contributed by atoms with E-state index in [4.69, 9.17) is 16.5 Å². The van der Waals surface area contributed by atoms with Crippen LogP contribution in [-0.2, 0) is 4.74 Å². The van der Waals surface area contributed by atoms with Gasteiger partial charge in [0, 0.05) is 36.8 Å². The number of ether oxygens (including phenoxy) is 1. The van der Waals surface area contributed by atoms with E-state index in [0.29, 0.717) is 0 Å². The highest BCUT2D eigenvalue weighted by Crippen LogP contribution is 2.51. The first kappa shape index (κ1) is 15.7. The average Bonchev–Trinajstić information content (AvgIpc) is 2.71. The van der Waals surface area contributed by atoms with E-state index in [-0.39, 0.29) is 11.5 Å². The standard InChI is InChI=1S/C17H25ClN2O2/c1-16(2,3)22-15(21)19-10-8-17(9-11-19)12-20(18)14-7-5-4-6-13(14)17/h6-7H,4-5,8-12H2,1-3H3.